The van der Waals surface area contributed by atoms with Gasteiger partial charge in [0.15, 0.2) is 0 Å². The van der Waals surface area contributed by atoms with Gasteiger partial charge in [-0.1, -0.05) is 17.7 Å². The van der Waals surface area contributed by atoms with Crippen molar-refractivity contribution in [3.63, 3.8) is 0 Å². The van der Waals surface area contributed by atoms with E-state index in [1.807, 2.05) is 0 Å². The summed E-state index contributed by atoms with van der Waals surface area (Å²) in [6.45, 7) is 1.50. The van der Waals surface area contributed by atoms with E-state index < -0.39 is 33.7 Å². The second kappa shape index (κ2) is 6.71. The van der Waals surface area contributed by atoms with E-state index in [-0.39, 0.29) is 23.0 Å². The lowest BCUT2D eigenvalue weighted by molar-refractivity contribution is -0.140. The molecule has 0 radical (unpaired) electrons. The molecule has 0 atom stereocenters. The first-order valence-corrected chi connectivity index (χ1v) is 9.36. The number of aryl methyl sites for hydroxylation is 1. The summed E-state index contributed by atoms with van der Waals surface area (Å²) in [6, 6.07) is 6.55. The molecule has 0 amide bonds. The molecule has 0 aliphatic carbocycles. The van der Waals surface area contributed by atoms with Crippen molar-refractivity contribution in [3.05, 3.63) is 52.7 Å². The van der Waals surface area contributed by atoms with E-state index in [1.54, 1.807) is 19.1 Å². The van der Waals surface area contributed by atoms with Crippen molar-refractivity contribution in [1.82, 2.24) is 9.29 Å². The Hall–Kier alpha value is -1.84. The van der Waals surface area contributed by atoms with Gasteiger partial charge in [-0.25, -0.2) is 13.4 Å². The molecule has 1 aliphatic rings. The molecule has 2 aromatic rings. The molecule has 140 valence electrons. The summed E-state index contributed by atoms with van der Waals surface area (Å²) < 4.78 is 70.5. The Labute approximate surface area is 153 Å². The Morgan fingerprint density at radius 2 is 1.96 bits per heavy atom. The van der Waals surface area contributed by atoms with Crippen LogP contribution in [0.3, 0.4) is 0 Å². The normalized spacial score (nSPS) is 16.3. The Kier molecular flexibility index (Phi) is 4.89. The van der Waals surface area contributed by atoms with Gasteiger partial charge in [0, 0.05) is 11.2 Å². The molecule has 10 heteroatoms. The maximum atomic E-state index is 13.0. The SMILES string of the molecule is Cc1ccc(Cl)cc1S(=O)(=O)N1CC(Oc2ncccc2C(F)(F)F)C1. The van der Waals surface area contributed by atoms with Crippen LogP contribution in [0.4, 0.5) is 13.2 Å². The molecule has 2 heterocycles. The van der Waals surface area contributed by atoms with Crippen molar-refractivity contribution in [2.24, 2.45) is 0 Å². The first kappa shape index (κ1) is 18.9. The fourth-order valence-electron chi connectivity index (χ4n) is 2.52. The summed E-state index contributed by atoms with van der Waals surface area (Å²) in [7, 11) is -3.79. The van der Waals surface area contributed by atoms with Crippen molar-refractivity contribution in [1.29, 1.82) is 0 Å². The summed E-state index contributed by atoms with van der Waals surface area (Å²) in [5, 5.41) is 0.283. The zero-order valence-electron chi connectivity index (χ0n) is 13.5. The van der Waals surface area contributed by atoms with Crippen LogP contribution in [0, 0.1) is 6.92 Å². The van der Waals surface area contributed by atoms with E-state index >= 15 is 0 Å². The van der Waals surface area contributed by atoms with Crippen molar-refractivity contribution in [2.45, 2.75) is 24.1 Å². The smallest absolute Gasteiger partial charge is 0.421 e. The number of nitrogens with zero attached hydrogens (tertiary/aromatic N) is 2. The van der Waals surface area contributed by atoms with E-state index in [0.29, 0.717) is 5.56 Å². The third-order valence-corrected chi connectivity index (χ3v) is 6.15. The zero-order chi connectivity index (χ0) is 19.1. The molecule has 1 aliphatic heterocycles. The Balaban J connectivity index is 1.73. The fourth-order valence-corrected chi connectivity index (χ4v) is 4.51. The van der Waals surface area contributed by atoms with Crippen molar-refractivity contribution >= 4 is 21.6 Å². The predicted octanol–water partition coefficient (Wildman–Crippen LogP) is 3.51. The van der Waals surface area contributed by atoms with E-state index in [0.717, 1.165) is 16.4 Å². The highest BCUT2D eigenvalue weighted by Gasteiger charge is 2.41. The quantitative estimate of drug-likeness (QED) is 0.779. The van der Waals surface area contributed by atoms with Crippen LogP contribution >= 0.6 is 11.6 Å². The van der Waals surface area contributed by atoms with Crippen LogP contribution in [-0.2, 0) is 16.2 Å². The van der Waals surface area contributed by atoms with Crippen LogP contribution < -0.4 is 4.74 Å². The van der Waals surface area contributed by atoms with Gasteiger partial charge in [-0.2, -0.15) is 17.5 Å². The first-order valence-electron chi connectivity index (χ1n) is 7.54. The number of rotatable bonds is 4. The van der Waals surface area contributed by atoms with Crippen LogP contribution in [0.15, 0.2) is 41.4 Å². The molecule has 1 aromatic carbocycles. The molecule has 26 heavy (non-hydrogen) atoms. The van der Waals surface area contributed by atoms with Crippen LogP contribution in [0.25, 0.3) is 0 Å². The molecule has 3 rings (SSSR count). The van der Waals surface area contributed by atoms with Crippen molar-refractivity contribution in [2.75, 3.05) is 13.1 Å². The highest BCUT2D eigenvalue weighted by Crippen LogP contribution is 2.36. The van der Waals surface area contributed by atoms with Crippen LogP contribution in [0.1, 0.15) is 11.1 Å². The monoisotopic (exact) mass is 406 g/mol. The van der Waals surface area contributed by atoms with Crippen molar-refractivity contribution < 1.29 is 26.3 Å². The average Bonchev–Trinajstić information content (AvgIpc) is 2.52. The number of alkyl halides is 3. The van der Waals surface area contributed by atoms with E-state index in [9.17, 15) is 21.6 Å². The van der Waals surface area contributed by atoms with Gasteiger partial charge < -0.3 is 4.74 Å². The van der Waals surface area contributed by atoms with Crippen LogP contribution in [0.5, 0.6) is 5.88 Å². The van der Waals surface area contributed by atoms with Gasteiger partial charge in [0.25, 0.3) is 0 Å². The third-order valence-electron chi connectivity index (χ3n) is 3.94. The molecule has 1 fully saturated rings. The lowest BCUT2D eigenvalue weighted by Crippen LogP contribution is -2.56. The first-order chi connectivity index (χ1) is 12.1. The minimum atomic E-state index is -4.60. The number of aromatic nitrogens is 1. The number of hydrogen-bond acceptors (Lipinski definition) is 4. The highest BCUT2D eigenvalue weighted by atomic mass is 35.5. The standard InChI is InChI=1S/C16H14ClF3N2O3S/c1-10-4-5-11(17)7-14(10)26(23,24)22-8-12(9-22)25-15-13(16(18,19)20)3-2-6-21-15/h2-7,12H,8-9H2,1H3. The summed E-state index contributed by atoms with van der Waals surface area (Å²) >= 11 is 5.86. The van der Waals surface area contributed by atoms with Crippen LogP contribution in [0.2, 0.25) is 5.02 Å². The van der Waals surface area contributed by atoms with Gasteiger partial charge in [0.2, 0.25) is 15.9 Å². The Bertz CT molecular complexity index is 929. The molecule has 0 bridgehead atoms. The van der Waals surface area contributed by atoms with Gasteiger partial charge in [0.1, 0.15) is 11.7 Å². The van der Waals surface area contributed by atoms with Crippen LogP contribution in [-0.4, -0.2) is 36.9 Å². The number of pyridine rings is 1. The number of sulfonamides is 1. The van der Waals surface area contributed by atoms with Gasteiger partial charge in [-0.15, -0.1) is 0 Å². The molecular weight excluding hydrogens is 393 g/mol. The van der Waals surface area contributed by atoms with Gasteiger partial charge in [0.05, 0.1) is 18.0 Å². The van der Waals surface area contributed by atoms with E-state index in [2.05, 4.69) is 4.98 Å². The predicted molar refractivity (Wildman–Crippen MR) is 88.6 cm³/mol. The zero-order valence-corrected chi connectivity index (χ0v) is 15.1. The highest BCUT2D eigenvalue weighted by molar-refractivity contribution is 7.89. The van der Waals surface area contributed by atoms with E-state index in [4.69, 9.17) is 16.3 Å². The molecule has 5 nitrogen and oxygen atoms in total. The fraction of sp³-hybridized carbons (Fsp3) is 0.312. The molecule has 1 saturated heterocycles. The maximum absolute atomic E-state index is 13.0. The molecule has 0 saturated carbocycles. The summed E-state index contributed by atoms with van der Waals surface area (Å²) in [6.07, 6.45) is -4.12. The summed E-state index contributed by atoms with van der Waals surface area (Å²) in [4.78, 5) is 3.68. The lowest BCUT2D eigenvalue weighted by Gasteiger charge is -2.38. The second-order valence-electron chi connectivity index (χ2n) is 5.83. The van der Waals surface area contributed by atoms with E-state index in [1.165, 1.54) is 12.3 Å². The molecule has 0 unspecified atom stereocenters. The Morgan fingerprint density at radius 1 is 1.27 bits per heavy atom. The maximum Gasteiger partial charge on any atom is 0.421 e. The van der Waals surface area contributed by atoms with Crippen molar-refractivity contribution in [3.8, 4) is 5.88 Å². The second-order valence-corrected chi connectivity index (χ2v) is 8.17. The minimum Gasteiger partial charge on any atom is -0.471 e. The average molecular weight is 407 g/mol. The number of hydrogen-bond donors (Lipinski definition) is 0. The third kappa shape index (κ3) is 3.65. The number of benzene rings is 1. The minimum absolute atomic E-state index is 0.0669. The summed E-state index contributed by atoms with van der Waals surface area (Å²) in [5.74, 6) is -0.555. The molecule has 0 N–H and O–H groups in total. The molecular formula is C16H14ClF3N2O3S. The van der Waals surface area contributed by atoms with Gasteiger partial charge >= 0.3 is 6.18 Å². The Morgan fingerprint density at radius 3 is 2.62 bits per heavy atom. The lowest BCUT2D eigenvalue weighted by atomic mass is 10.2. The largest absolute Gasteiger partial charge is 0.471 e. The van der Waals surface area contributed by atoms with Gasteiger partial charge in [-0.05, 0) is 36.8 Å². The topological polar surface area (TPSA) is 59.5 Å². The summed E-state index contributed by atoms with van der Waals surface area (Å²) in [5.41, 5.74) is -0.463. The number of halogens is 4. The molecule has 0 spiro atoms. The van der Waals surface area contributed by atoms with Gasteiger partial charge in [-0.3, -0.25) is 0 Å². The number of ether oxygens (including phenoxy) is 1. The molecule has 1 aromatic heterocycles.